The van der Waals surface area contributed by atoms with Crippen LogP contribution >= 0.6 is 11.8 Å². The molecule has 0 saturated carbocycles. The maximum absolute atomic E-state index is 9.89. The van der Waals surface area contributed by atoms with Gasteiger partial charge in [-0.15, -0.1) is 11.8 Å². The summed E-state index contributed by atoms with van der Waals surface area (Å²) in [6, 6.07) is 0. The van der Waals surface area contributed by atoms with Crippen molar-refractivity contribution in [3.63, 3.8) is 0 Å². The molecule has 0 aromatic rings. The van der Waals surface area contributed by atoms with Gasteiger partial charge in [0, 0.05) is 4.92 Å². The lowest BCUT2D eigenvalue weighted by Gasteiger charge is -2.15. The molecular formula is C4H10N2O2S. The van der Waals surface area contributed by atoms with Crippen LogP contribution < -0.4 is 5.73 Å². The van der Waals surface area contributed by atoms with E-state index in [2.05, 4.69) is 0 Å². The van der Waals surface area contributed by atoms with Crippen molar-refractivity contribution in [2.24, 2.45) is 5.73 Å². The van der Waals surface area contributed by atoms with Crippen LogP contribution in [-0.4, -0.2) is 22.6 Å². The number of nitro groups is 1. The number of nitrogens with zero attached hydrogens (tertiary/aromatic N) is 1. The van der Waals surface area contributed by atoms with Gasteiger partial charge in [-0.3, -0.25) is 10.1 Å². The van der Waals surface area contributed by atoms with Crippen LogP contribution in [-0.2, 0) is 0 Å². The molecule has 9 heavy (non-hydrogen) atoms. The molecule has 0 aliphatic carbocycles. The van der Waals surface area contributed by atoms with Crippen molar-refractivity contribution < 1.29 is 4.92 Å². The van der Waals surface area contributed by atoms with Gasteiger partial charge in [0.25, 0.3) is 0 Å². The van der Waals surface area contributed by atoms with Gasteiger partial charge in [-0.2, -0.15) is 0 Å². The van der Waals surface area contributed by atoms with Crippen LogP contribution in [0.25, 0.3) is 0 Å². The molecule has 0 aromatic carbocycles. The Hall–Kier alpha value is -0.290. The molecule has 0 aliphatic rings. The van der Waals surface area contributed by atoms with Crippen LogP contribution in [0.15, 0.2) is 0 Å². The second kappa shape index (κ2) is 3.03. The maximum Gasteiger partial charge on any atom is 0.230 e. The monoisotopic (exact) mass is 150 g/mol. The van der Waals surface area contributed by atoms with E-state index in [4.69, 9.17) is 5.73 Å². The Balaban J connectivity index is 3.71. The van der Waals surface area contributed by atoms with E-state index >= 15 is 0 Å². The molecule has 1 atom stereocenters. The summed E-state index contributed by atoms with van der Waals surface area (Å²) >= 11 is 1.29. The Morgan fingerprint density at radius 1 is 1.89 bits per heavy atom. The quantitative estimate of drug-likeness (QED) is 0.357. The van der Waals surface area contributed by atoms with E-state index in [1.165, 1.54) is 11.8 Å². The summed E-state index contributed by atoms with van der Waals surface area (Å²) in [4.78, 5) is 8.76. The van der Waals surface area contributed by atoms with E-state index in [0.29, 0.717) is 0 Å². The highest BCUT2D eigenvalue weighted by Gasteiger charge is 2.22. The molecular weight excluding hydrogens is 140 g/mol. The molecule has 0 radical (unpaired) electrons. The van der Waals surface area contributed by atoms with Crippen LogP contribution in [0.2, 0.25) is 0 Å². The Morgan fingerprint density at radius 3 is 2.44 bits per heavy atom. The largest absolute Gasteiger partial charge is 0.312 e. The molecule has 0 spiro atoms. The third kappa shape index (κ3) is 4.23. The van der Waals surface area contributed by atoms with E-state index in [0.717, 1.165) is 0 Å². The minimum Gasteiger partial charge on any atom is -0.312 e. The fourth-order valence-corrected chi connectivity index (χ4v) is 0.555. The van der Waals surface area contributed by atoms with Crippen molar-refractivity contribution in [1.29, 1.82) is 0 Å². The molecule has 0 bridgehead atoms. The molecule has 54 valence electrons. The summed E-state index contributed by atoms with van der Waals surface area (Å²) in [5, 5.41) is 9.89. The van der Waals surface area contributed by atoms with Crippen molar-refractivity contribution in [1.82, 2.24) is 0 Å². The zero-order valence-corrected chi connectivity index (χ0v) is 6.27. The average molecular weight is 150 g/mol. The first-order valence-corrected chi connectivity index (χ1v) is 3.66. The van der Waals surface area contributed by atoms with Crippen LogP contribution in [0.5, 0.6) is 0 Å². The van der Waals surface area contributed by atoms with E-state index in [-0.39, 0.29) is 6.54 Å². The minimum atomic E-state index is -0.719. The highest BCUT2D eigenvalue weighted by molar-refractivity contribution is 7.99. The SMILES string of the molecule is CSC(C)(N)C[N+](=O)[O-]. The fourth-order valence-electron chi connectivity index (χ4n) is 0.321. The lowest BCUT2D eigenvalue weighted by molar-refractivity contribution is -0.484. The lowest BCUT2D eigenvalue weighted by Crippen LogP contribution is -2.39. The molecule has 4 nitrogen and oxygen atoms in total. The number of hydrogen-bond donors (Lipinski definition) is 1. The molecule has 0 heterocycles. The van der Waals surface area contributed by atoms with Crippen molar-refractivity contribution in [2.75, 3.05) is 12.8 Å². The first-order chi connectivity index (χ1) is 3.98. The summed E-state index contributed by atoms with van der Waals surface area (Å²) in [5.41, 5.74) is 5.44. The van der Waals surface area contributed by atoms with Crippen LogP contribution in [0.3, 0.4) is 0 Å². The second-order valence-corrected chi connectivity index (χ2v) is 3.35. The van der Waals surface area contributed by atoms with Crippen molar-refractivity contribution >= 4 is 11.8 Å². The van der Waals surface area contributed by atoms with E-state index < -0.39 is 9.79 Å². The van der Waals surface area contributed by atoms with Gasteiger partial charge < -0.3 is 5.73 Å². The topological polar surface area (TPSA) is 69.2 Å². The molecule has 0 amide bonds. The van der Waals surface area contributed by atoms with Gasteiger partial charge in [0.15, 0.2) is 0 Å². The summed E-state index contributed by atoms with van der Waals surface area (Å²) in [7, 11) is 0. The third-order valence-corrected chi connectivity index (χ3v) is 1.97. The van der Waals surface area contributed by atoms with Crippen molar-refractivity contribution in [2.45, 2.75) is 11.8 Å². The summed E-state index contributed by atoms with van der Waals surface area (Å²) in [6.07, 6.45) is 1.75. The van der Waals surface area contributed by atoms with Gasteiger partial charge in [-0.1, -0.05) is 0 Å². The molecule has 1 unspecified atom stereocenters. The Morgan fingerprint density at radius 2 is 2.33 bits per heavy atom. The van der Waals surface area contributed by atoms with Gasteiger partial charge >= 0.3 is 0 Å². The van der Waals surface area contributed by atoms with E-state index in [9.17, 15) is 10.1 Å². The second-order valence-electron chi connectivity index (χ2n) is 2.01. The highest BCUT2D eigenvalue weighted by atomic mass is 32.2. The van der Waals surface area contributed by atoms with Crippen LogP contribution in [0.1, 0.15) is 6.92 Å². The number of rotatable bonds is 3. The van der Waals surface area contributed by atoms with Gasteiger partial charge in [-0.05, 0) is 13.2 Å². The average Bonchev–Trinajstić information content (AvgIpc) is 1.63. The third-order valence-electron chi connectivity index (χ3n) is 0.909. The van der Waals surface area contributed by atoms with Gasteiger partial charge in [0.1, 0.15) is 4.87 Å². The summed E-state index contributed by atoms with van der Waals surface area (Å²) in [5.74, 6) is 0. The molecule has 2 N–H and O–H groups in total. The highest BCUT2D eigenvalue weighted by Crippen LogP contribution is 2.13. The van der Waals surface area contributed by atoms with Crippen LogP contribution in [0, 0.1) is 10.1 Å². The Labute approximate surface area is 58.0 Å². The lowest BCUT2D eigenvalue weighted by atomic mass is 10.4. The van der Waals surface area contributed by atoms with E-state index in [1.807, 2.05) is 0 Å². The van der Waals surface area contributed by atoms with Gasteiger partial charge in [0.05, 0.1) is 0 Å². The minimum absolute atomic E-state index is 0.186. The van der Waals surface area contributed by atoms with E-state index in [1.54, 1.807) is 13.2 Å². The smallest absolute Gasteiger partial charge is 0.230 e. The molecule has 0 rings (SSSR count). The zero-order chi connectivity index (χ0) is 7.49. The predicted octanol–water partition coefficient (Wildman–Crippen LogP) is 0.301. The van der Waals surface area contributed by atoms with Crippen molar-refractivity contribution in [3.05, 3.63) is 10.1 Å². The number of hydrogen-bond acceptors (Lipinski definition) is 4. The summed E-state index contributed by atoms with van der Waals surface area (Å²) < 4.78 is 0. The Kier molecular flexibility index (Phi) is 2.93. The predicted molar refractivity (Wildman–Crippen MR) is 38.0 cm³/mol. The first-order valence-electron chi connectivity index (χ1n) is 2.44. The standard InChI is InChI=1S/C4H10N2O2S/c1-4(5,9-2)3-6(7)8/h3,5H2,1-2H3. The van der Waals surface area contributed by atoms with Crippen molar-refractivity contribution in [3.8, 4) is 0 Å². The number of nitrogens with two attached hydrogens (primary N) is 1. The molecule has 0 aromatic heterocycles. The normalized spacial score (nSPS) is 16.8. The molecule has 0 fully saturated rings. The van der Waals surface area contributed by atoms with Gasteiger partial charge in [0.2, 0.25) is 6.54 Å². The molecule has 5 heteroatoms. The maximum atomic E-state index is 9.89. The van der Waals surface area contributed by atoms with Gasteiger partial charge in [-0.25, -0.2) is 0 Å². The first kappa shape index (κ1) is 8.71. The Bertz CT molecular complexity index is 115. The molecule has 0 saturated heterocycles. The number of thioether (sulfide) groups is 1. The zero-order valence-electron chi connectivity index (χ0n) is 5.46. The van der Waals surface area contributed by atoms with Crippen LogP contribution in [0.4, 0.5) is 0 Å². The fraction of sp³-hybridized carbons (Fsp3) is 1.00. The summed E-state index contributed by atoms with van der Waals surface area (Å²) in [6.45, 7) is 1.45. The molecule has 0 aliphatic heterocycles.